The molecule has 0 aliphatic rings. The lowest BCUT2D eigenvalue weighted by molar-refractivity contribution is 0.306. The van der Waals surface area contributed by atoms with Crippen LogP contribution in [0.5, 0.6) is 11.5 Å². The fourth-order valence-electron chi connectivity index (χ4n) is 4.69. The number of hydrogen-bond acceptors (Lipinski definition) is 6. The van der Waals surface area contributed by atoms with Gasteiger partial charge in [0.2, 0.25) is 0 Å². The van der Waals surface area contributed by atoms with Crippen molar-refractivity contribution in [2.75, 3.05) is 13.1 Å². The third kappa shape index (κ3) is 11.3. The molecule has 0 atom stereocenters. The molecule has 0 unspecified atom stereocenters. The summed E-state index contributed by atoms with van der Waals surface area (Å²) < 4.78 is 11.7. The lowest BCUT2D eigenvalue weighted by atomic mass is 10.1. The van der Waals surface area contributed by atoms with Gasteiger partial charge >= 0.3 is 0 Å². The van der Waals surface area contributed by atoms with E-state index in [1.165, 1.54) is 36.8 Å². The molecule has 44 heavy (non-hydrogen) atoms. The average Bonchev–Trinajstić information content (AvgIpc) is 3.05. The number of rotatable bonds is 19. The van der Waals surface area contributed by atoms with Crippen LogP contribution in [-0.2, 0) is 26.3 Å². The topological polar surface area (TPSA) is 116 Å². The van der Waals surface area contributed by atoms with Gasteiger partial charge in [0.25, 0.3) is 0 Å². The van der Waals surface area contributed by atoms with E-state index in [0.717, 1.165) is 54.4 Å². The number of nitrogens with two attached hydrogens (primary N) is 1. The Morgan fingerprint density at radius 3 is 1.32 bits per heavy atom. The van der Waals surface area contributed by atoms with Crippen LogP contribution in [0.25, 0.3) is 0 Å². The highest BCUT2D eigenvalue weighted by atomic mass is 16.5. The zero-order valence-electron chi connectivity index (χ0n) is 25.7. The van der Waals surface area contributed by atoms with Gasteiger partial charge in [-0.1, -0.05) is 61.4 Å². The molecule has 0 amide bonds. The summed E-state index contributed by atoms with van der Waals surface area (Å²) in [7, 11) is 0. The van der Waals surface area contributed by atoms with Crippen LogP contribution in [0.1, 0.15) is 66.0 Å². The molecule has 7 heteroatoms. The van der Waals surface area contributed by atoms with Crippen molar-refractivity contribution >= 4 is 11.5 Å². The molecule has 230 valence electrons. The summed E-state index contributed by atoms with van der Waals surface area (Å²) in [6.45, 7) is 6.64. The molecule has 0 spiro atoms. The summed E-state index contributed by atoms with van der Waals surface area (Å²) in [5.74, 6) is 1.65. The molecule has 0 radical (unpaired) electrons. The maximum absolute atomic E-state index is 7.68. The molecule has 0 aliphatic heterocycles. The van der Waals surface area contributed by atoms with Crippen molar-refractivity contribution in [3.05, 3.63) is 130 Å². The second kappa shape index (κ2) is 17.6. The van der Waals surface area contributed by atoms with E-state index in [2.05, 4.69) is 59.2 Å². The normalized spacial score (nSPS) is 10.8. The SMILES string of the molecule is CC(=N)c1ccc(OCc2ccc(CNCCCCCCNCc3ccc(COc4ccc(C(=N)N)cc4)cc3)cc2)cc1. The van der Waals surface area contributed by atoms with E-state index in [9.17, 15) is 0 Å². The van der Waals surface area contributed by atoms with Gasteiger partial charge in [-0.15, -0.1) is 0 Å². The van der Waals surface area contributed by atoms with Crippen molar-refractivity contribution in [3.8, 4) is 11.5 Å². The molecule has 0 heterocycles. The van der Waals surface area contributed by atoms with Crippen molar-refractivity contribution in [1.82, 2.24) is 10.6 Å². The number of ether oxygens (including phenoxy) is 2. The third-order valence-electron chi connectivity index (χ3n) is 7.42. The number of nitrogen functional groups attached to an aromatic ring is 1. The van der Waals surface area contributed by atoms with Gasteiger partial charge in [0, 0.05) is 24.4 Å². The lowest BCUT2D eigenvalue weighted by Crippen LogP contribution is -2.16. The van der Waals surface area contributed by atoms with Crippen LogP contribution in [-0.4, -0.2) is 24.6 Å². The molecule has 6 N–H and O–H groups in total. The minimum absolute atomic E-state index is 0.0606. The summed E-state index contributed by atoms with van der Waals surface area (Å²) >= 11 is 0. The van der Waals surface area contributed by atoms with Gasteiger partial charge < -0.3 is 31.3 Å². The largest absolute Gasteiger partial charge is 0.489 e. The fourth-order valence-corrected chi connectivity index (χ4v) is 4.69. The molecule has 4 aromatic carbocycles. The van der Waals surface area contributed by atoms with Crippen LogP contribution >= 0.6 is 0 Å². The summed E-state index contributed by atoms with van der Waals surface area (Å²) in [5.41, 5.74) is 12.5. The van der Waals surface area contributed by atoms with Crippen molar-refractivity contribution in [1.29, 1.82) is 10.8 Å². The van der Waals surface area contributed by atoms with E-state index in [1.807, 2.05) is 36.4 Å². The van der Waals surface area contributed by atoms with Gasteiger partial charge in [-0.05, 0) is 109 Å². The first kappa shape index (κ1) is 32.5. The van der Waals surface area contributed by atoms with Crippen LogP contribution in [0, 0.1) is 10.8 Å². The molecule has 0 saturated carbocycles. The minimum atomic E-state index is 0.0606. The summed E-state index contributed by atoms with van der Waals surface area (Å²) in [5, 5.41) is 22.3. The van der Waals surface area contributed by atoms with Gasteiger partial charge in [-0.25, -0.2) is 0 Å². The van der Waals surface area contributed by atoms with Gasteiger partial charge in [-0.2, -0.15) is 0 Å². The van der Waals surface area contributed by atoms with E-state index in [-0.39, 0.29) is 5.84 Å². The number of benzene rings is 4. The first-order chi connectivity index (χ1) is 21.5. The molecular formula is C37H45N5O2. The molecule has 0 aliphatic carbocycles. The molecule has 0 fully saturated rings. The first-order valence-corrected chi connectivity index (χ1v) is 15.4. The quantitative estimate of drug-likeness (QED) is 0.0459. The Hall–Kier alpha value is -4.46. The van der Waals surface area contributed by atoms with E-state index in [1.54, 1.807) is 19.1 Å². The first-order valence-electron chi connectivity index (χ1n) is 15.4. The minimum Gasteiger partial charge on any atom is -0.489 e. The average molecular weight is 592 g/mol. The molecule has 0 bridgehead atoms. The van der Waals surface area contributed by atoms with Crippen LogP contribution < -0.4 is 25.8 Å². The van der Waals surface area contributed by atoms with E-state index < -0.39 is 0 Å². The summed E-state index contributed by atoms with van der Waals surface area (Å²) in [6.07, 6.45) is 4.84. The third-order valence-corrected chi connectivity index (χ3v) is 7.42. The number of amidine groups is 1. The molecular weight excluding hydrogens is 546 g/mol. The van der Waals surface area contributed by atoms with Crippen LogP contribution in [0.15, 0.2) is 97.1 Å². The van der Waals surface area contributed by atoms with Crippen LogP contribution in [0.2, 0.25) is 0 Å². The molecule has 4 rings (SSSR count). The van der Waals surface area contributed by atoms with E-state index >= 15 is 0 Å². The molecule has 0 aromatic heterocycles. The number of hydrogen-bond donors (Lipinski definition) is 5. The van der Waals surface area contributed by atoms with Crippen LogP contribution in [0.3, 0.4) is 0 Å². The van der Waals surface area contributed by atoms with E-state index in [0.29, 0.717) is 24.5 Å². The Balaban J connectivity index is 0.988. The predicted molar refractivity (Wildman–Crippen MR) is 180 cm³/mol. The van der Waals surface area contributed by atoms with E-state index in [4.69, 9.17) is 26.0 Å². The van der Waals surface area contributed by atoms with Gasteiger partial charge in [0.05, 0.1) is 0 Å². The Morgan fingerprint density at radius 2 is 0.932 bits per heavy atom. The number of nitrogens with one attached hydrogen (secondary N) is 4. The molecule has 4 aromatic rings. The molecule has 7 nitrogen and oxygen atoms in total. The Bertz CT molecular complexity index is 1320. The Kier molecular flexibility index (Phi) is 13.0. The zero-order chi connectivity index (χ0) is 31.0. The van der Waals surface area contributed by atoms with Gasteiger partial charge in [0.1, 0.15) is 30.5 Å². The van der Waals surface area contributed by atoms with Crippen molar-refractivity contribution in [2.24, 2.45) is 5.73 Å². The predicted octanol–water partition coefficient (Wildman–Crippen LogP) is 6.96. The smallest absolute Gasteiger partial charge is 0.122 e. The molecule has 0 saturated heterocycles. The van der Waals surface area contributed by atoms with Crippen molar-refractivity contribution in [2.45, 2.75) is 58.9 Å². The maximum atomic E-state index is 7.68. The van der Waals surface area contributed by atoms with Crippen molar-refractivity contribution < 1.29 is 9.47 Å². The Morgan fingerprint density at radius 1 is 0.545 bits per heavy atom. The van der Waals surface area contributed by atoms with Gasteiger partial charge in [0.15, 0.2) is 0 Å². The van der Waals surface area contributed by atoms with Crippen LogP contribution in [0.4, 0.5) is 0 Å². The summed E-state index contributed by atoms with van der Waals surface area (Å²) in [6, 6.07) is 32.1. The second-order valence-electron chi connectivity index (χ2n) is 11.1. The standard InChI is InChI=1S/C37H45N5O2/c1-28(38)33-14-18-35(19-15-33)43-26-31-10-6-29(7-11-31)24-41-22-4-2-3-5-23-42-25-30-8-12-32(13-9-30)27-44-36-20-16-34(17-21-36)37(39)40/h6-21,38,41-42H,2-5,22-27H2,1H3,(H3,39,40). The van der Waals surface area contributed by atoms with Crippen molar-refractivity contribution in [3.63, 3.8) is 0 Å². The highest BCUT2D eigenvalue weighted by Crippen LogP contribution is 2.16. The highest BCUT2D eigenvalue weighted by Gasteiger charge is 2.02. The maximum Gasteiger partial charge on any atom is 0.122 e. The number of unbranched alkanes of at least 4 members (excludes halogenated alkanes) is 3. The van der Waals surface area contributed by atoms with Gasteiger partial charge in [-0.3, -0.25) is 5.41 Å². The summed E-state index contributed by atoms with van der Waals surface area (Å²) in [4.78, 5) is 0. The highest BCUT2D eigenvalue weighted by molar-refractivity contribution is 5.96. The Labute approximate surface area is 261 Å². The zero-order valence-corrected chi connectivity index (χ0v) is 25.7. The lowest BCUT2D eigenvalue weighted by Gasteiger charge is -2.09. The fraction of sp³-hybridized carbons (Fsp3) is 0.297. The monoisotopic (exact) mass is 591 g/mol. The second-order valence-corrected chi connectivity index (χ2v) is 11.1.